The first kappa shape index (κ1) is 26.9. The average Bonchev–Trinajstić information content (AvgIpc) is 3.73. The maximum Gasteiger partial charge on any atom is 0.167 e. The molecule has 5 nitrogen and oxygen atoms in total. The Bertz CT molecular complexity index is 2860. The van der Waals surface area contributed by atoms with E-state index in [0.29, 0.717) is 17.5 Å². The number of rotatable bonds is 4. The largest absolute Gasteiger partial charge is 0.455 e. The van der Waals surface area contributed by atoms with Gasteiger partial charge in [-0.05, 0) is 47.5 Å². The summed E-state index contributed by atoms with van der Waals surface area (Å²) in [4.78, 5) is 19.9. The molecule has 0 aliphatic rings. The molecule has 0 bridgehead atoms. The summed E-state index contributed by atoms with van der Waals surface area (Å²) in [6.07, 6.45) is 1.84. The molecular formula is C42H24N4OS. The lowest BCUT2D eigenvalue weighted by molar-refractivity contribution is 0.669. The van der Waals surface area contributed by atoms with Crippen molar-refractivity contribution in [3.63, 3.8) is 0 Å². The number of furan rings is 1. The van der Waals surface area contributed by atoms with Gasteiger partial charge >= 0.3 is 0 Å². The Morgan fingerprint density at radius 1 is 0.479 bits per heavy atom. The zero-order chi connectivity index (χ0) is 31.6. The van der Waals surface area contributed by atoms with Crippen molar-refractivity contribution in [3.05, 3.63) is 146 Å². The number of nitrogens with zero attached hydrogens (tertiary/aromatic N) is 4. The van der Waals surface area contributed by atoms with Crippen molar-refractivity contribution in [2.75, 3.05) is 0 Å². The number of fused-ring (bicyclic) bond motifs is 7. The van der Waals surface area contributed by atoms with E-state index < -0.39 is 0 Å². The first-order valence-electron chi connectivity index (χ1n) is 15.8. The summed E-state index contributed by atoms with van der Waals surface area (Å²) in [7, 11) is 0. The molecule has 48 heavy (non-hydrogen) atoms. The fourth-order valence-corrected chi connectivity index (χ4v) is 7.87. The minimum Gasteiger partial charge on any atom is -0.455 e. The fourth-order valence-electron chi connectivity index (χ4n) is 6.69. The molecule has 224 valence electrons. The van der Waals surface area contributed by atoms with Crippen LogP contribution in [0.4, 0.5) is 0 Å². The second-order valence-electron chi connectivity index (χ2n) is 11.9. The second kappa shape index (κ2) is 10.7. The third kappa shape index (κ3) is 4.31. The smallest absolute Gasteiger partial charge is 0.167 e. The molecule has 6 heteroatoms. The lowest BCUT2D eigenvalue weighted by atomic mass is 10.0. The van der Waals surface area contributed by atoms with Crippen LogP contribution in [0.15, 0.2) is 150 Å². The summed E-state index contributed by atoms with van der Waals surface area (Å²) in [6, 6.07) is 48.0. The van der Waals surface area contributed by atoms with Crippen molar-refractivity contribution in [1.82, 2.24) is 19.9 Å². The van der Waals surface area contributed by atoms with E-state index in [0.717, 1.165) is 66.0 Å². The Hall–Kier alpha value is -6.24. The number of thiophene rings is 1. The molecular weight excluding hydrogens is 609 g/mol. The van der Waals surface area contributed by atoms with Gasteiger partial charge in [-0.3, -0.25) is 4.98 Å². The molecule has 0 unspecified atom stereocenters. The molecule has 10 aromatic rings. The summed E-state index contributed by atoms with van der Waals surface area (Å²) < 4.78 is 8.81. The molecule has 4 aromatic heterocycles. The summed E-state index contributed by atoms with van der Waals surface area (Å²) in [6.45, 7) is 0. The van der Waals surface area contributed by atoms with E-state index >= 15 is 0 Å². The molecule has 0 saturated carbocycles. The van der Waals surface area contributed by atoms with Crippen LogP contribution in [0.25, 0.3) is 98.3 Å². The van der Waals surface area contributed by atoms with Gasteiger partial charge in [-0.1, -0.05) is 103 Å². The van der Waals surface area contributed by atoms with E-state index in [1.54, 1.807) is 11.3 Å². The SMILES string of the molecule is c1ccc(-c2nc(-c3cccc4c3oc3ccccc34)nc(-c3cccc4sc5cc(-c6ccc7cccnc7c6)ccc5c34)n2)cc1. The van der Waals surface area contributed by atoms with Gasteiger partial charge in [0.05, 0.1) is 11.1 Å². The van der Waals surface area contributed by atoms with Crippen LogP contribution in [0.3, 0.4) is 0 Å². The number of para-hydroxylation sites is 2. The van der Waals surface area contributed by atoms with Crippen LogP contribution in [-0.2, 0) is 0 Å². The summed E-state index contributed by atoms with van der Waals surface area (Å²) in [5.74, 6) is 1.82. The molecule has 6 aromatic carbocycles. The molecule has 4 heterocycles. The quantitative estimate of drug-likeness (QED) is 0.193. The van der Waals surface area contributed by atoms with Crippen LogP contribution in [0.2, 0.25) is 0 Å². The molecule has 0 saturated heterocycles. The molecule has 0 aliphatic carbocycles. The van der Waals surface area contributed by atoms with Crippen LogP contribution < -0.4 is 0 Å². The maximum absolute atomic E-state index is 6.41. The normalized spacial score (nSPS) is 11.8. The zero-order valence-electron chi connectivity index (χ0n) is 25.5. The van der Waals surface area contributed by atoms with Crippen molar-refractivity contribution >= 4 is 64.4 Å². The first-order chi connectivity index (χ1) is 23.8. The van der Waals surface area contributed by atoms with Gasteiger partial charge in [0.15, 0.2) is 17.5 Å². The monoisotopic (exact) mass is 632 g/mol. The third-order valence-electron chi connectivity index (χ3n) is 8.99. The van der Waals surface area contributed by atoms with Crippen LogP contribution in [0.5, 0.6) is 0 Å². The number of hydrogen-bond donors (Lipinski definition) is 0. The van der Waals surface area contributed by atoms with Crippen LogP contribution >= 0.6 is 11.3 Å². The van der Waals surface area contributed by atoms with Crippen molar-refractivity contribution in [3.8, 4) is 45.3 Å². The lowest BCUT2D eigenvalue weighted by Crippen LogP contribution is -2.00. The molecule has 0 N–H and O–H groups in total. The van der Waals surface area contributed by atoms with Gasteiger partial charge in [0.1, 0.15) is 11.2 Å². The van der Waals surface area contributed by atoms with E-state index in [1.807, 2.05) is 72.9 Å². The summed E-state index contributed by atoms with van der Waals surface area (Å²) in [5.41, 5.74) is 7.64. The van der Waals surface area contributed by atoms with Crippen molar-refractivity contribution in [2.24, 2.45) is 0 Å². The highest BCUT2D eigenvalue weighted by Gasteiger charge is 2.20. The highest BCUT2D eigenvalue weighted by Crippen LogP contribution is 2.42. The van der Waals surface area contributed by atoms with E-state index in [9.17, 15) is 0 Å². The maximum atomic E-state index is 6.41. The van der Waals surface area contributed by atoms with Crippen LogP contribution in [-0.4, -0.2) is 19.9 Å². The Kier molecular flexibility index (Phi) is 5.98. The Labute approximate surface area is 278 Å². The van der Waals surface area contributed by atoms with Crippen molar-refractivity contribution < 1.29 is 4.42 Å². The standard InChI is InChI=1S/C42H24N4OS/c1-2-9-26(10-3-1)40-44-41(46-42(45-40)33-15-6-13-30-29-12-4-5-16-35(29)47-39(30)33)32-14-7-17-36-38(32)31-21-20-28(24-37(31)48-36)27-19-18-25-11-8-22-43-34(25)23-27/h1-24H. The first-order valence-corrected chi connectivity index (χ1v) is 16.6. The average molecular weight is 633 g/mol. The molecule has 0 aliphatic heterocycles. The Morgan fingerprint density at radius 3 is 2.17 bits per heavy atom. The van der Waals surface area contributed by atoms with Crippen LogP contribution in [0, 0.1) is 0 Å². The topological polar surface area (TPSA) is 64.7 Å². The molecule has 0 atom stereocenters. The van der Waals surface area contributed by atoms with Gasteiger partial charge in [-0.15, -0.1) is 11.3 Å². The van der Waals surface area contributed by atoms with Gasteiger partial charge in [0, 0.05) is 53.7 Å². The Morgan fingerprint density at radius 2 is 1.23 bits per heavy atom. The minimum atomic E-state index is 0.576. The lowest BCUT2D eigenvalue weighted by Gasteiger charge is -2.10. The van der Waals surface area contributed by atoms with E-state index in [1.165, 1.54) is 14.8 Å². The predicted octanol–water partition coefficient (Wildman–Crippen LogP) is 11.4. The van der Waals surface area contributed by atoms with Gasteiger partial charge in [0.25, 0.3) is 0 Å². The third-order valence-corrected chi connectivity index (χ3v) is 10.1. The second-order valence-corrected chi connectivity index (χ2v) is 12.9. The van der Waals surface area contributed by atoms with Gasteiger partial charge in [-0.25, -0.2) is 15.0 Å². The minimum absolute atomic E-state index is 0.576. The summed E-state index contributed by atoms with van der Waals surface area (Å²) in [5, 5.41) is 5.56. The van der Waals surface area contributed by atoms with E-state index in [4.69, 9.17) is 19.4 Å². The zero-order valence-corrected chi connectivity index (χ0v) is 26.3. The van der Waals surface area contributed by atoms with E-state index in [-0.39, 0.29) is 0 Å². The highest BCUT2D eigenvalue weighted by atomic mass is 32.1. The highest BCUT2D eigenvalue weighted by molar-refractivity contribution is 7.26. The van der Waals surface area contributed by atoms with Crippen LogP contribution in [0.1, 0.15) is 0 Å². The number of pyridine rings is 1. The van der Waals surface area contributed by atoms with Gasteiger partial charge in [0.2, 0.25) is 0 Å². The molecule has 0 amide bonds. The van der Waals surface area contributed by atoms with Gasteiger partial charge in [-0.2, -0.15) is 0 Å². The Balaban J connectivity index is 1.18. The fraction of sp³-hybridized carbons (Fsp3) is 0. The van der Waals surface area contributed by atoms with E-state index in [2.05, 4.69) is 77.8 Å². The number of hydrogen-bond acceptors (Lipinski definition) is 6. The summed E-state index contributed by atoms with van der Waals surface area (Å²) >= 11 is 1.79. The number of benzene rings is 6. The van der Waals surface area contributed by atoms with Gasteiger partial charge < -0.3 is 4.42 Å². The predicted molar refractivity (Wildman–Crippen MR) is 197 cm³/mol. The van der Waals surface area contributed by atoms with Crippen molar-refractivity contribution in [1.29, 1.82) is 0 Å². The molecule has 0 radical (unpaired) electrons. The molecule has 0 fully saturated rings. The molecule has 10 rings (SSSR count). The number of aromatic nitrogens is 4. The molecule has 0 spiro atoms. The van der Waals surface area contributed by atoms with Crippen molar-refractivity contribution in [2.45, 2.75) is 0 Å².